The highest BCUT2D eigenvalue weighted by Gasteiger charge is 2.16. The van der Waals surface area contributed by atoms with Crippen LogP contribution in [0.4, 0.5) is 5.69 Å². The lowest BCUT2D eigenvalue weighted by Crippen LogP contribution is -2.15. The van der Waals surface area contributed by atoms with Crippen LogP contribution in [0.2, 0.25) is 10.0 Å². The zero-order valence-corrected chi connectivity index (χ0v) is 15.5. The van der Waals surface area contributed by atoms with E-state index in [0.717, 1.165) is 0 Å². The molecule has 9 heteroatoms. The van der Waals surface area contributed by atoms with E-state index in [9.17, 15) is 4.79 Å². The normalized spacial score (nSPS) is 10.8. The van der Waals surface area contributed by atoms with E-state index >= 15 is 0 Å². The number of carbonyl (C=O) groups is 1. The van der Waals surface area contributed by atoms with Gasteiger partial charge in [-0.3, -0.25) is 9.36 Å². The number of nitrogens with one attached hydrogen (secondary N) is 1. The number of hydrogen-bond acceptors (Lipinski definition) is 5. The van der Waals surface area contributed by atoms with Crippen molar-refractivity contribution in [2.24, 2.45) is 0 Å². The first-order chi connectivity index (χ1) is 12.1. The molecular weight excluding hydrogens is 383 g/mol. The van der Waals surface area contributed by atoms with Crippen molar-refractivity contribution in [2.75, 3.05) is 11.1 Å². The van der Waals surface area contributed by atoms with Crippen molar-refractivity contribution in [3.63, 3.8) is 0 Å². The number of nitrogens with zero attached hydrogens (tertiary/aromatic N) is 3. The Bertz CT molecular complexity index is 880. The van der Waals surface area contributed by atoms with E-state index in [-0.39, 0.29) is 11.7 Å². The minimum atomic E-state index is -0.195. The molecule has 0 aliphatic heterocycles. The van der Waals surface area contributed by atoms with Crippen LogP contribution in [0.3, 0.4) is 0 Å². The average molecular weight is 397 g/mol. The molecule has 2 heterocycles. The summed E-state index contributed by atoms with van der Waals surface area (Å²) in [4.78, 5) is 12.2. The highest BCUT2D eigenvalue weighted by atomic mass is 35.5. The number of rotatable bonds is 6. The van der Waals surface area contributed by atoms with Gasteiger partial charge in [-0.15, -0.1) is 10.2 Å². The Kier molecular flexibility index (Phi) is 5.67. The highest BCUT2D eigenvalue weighted by molar-refractivity contribution is 7.99. The Hall–Kier alpha value is -1.96. The molecule has 0 unspecified atom stereocenters. The zero-order chi connectivity index (χ0) is 17.8. The molecule has 0 saturated heterocycles. The molecule has 0 aliphatic rings. The van der Waals surface area contributed by atoms with E-state index in [2.05, 4.69) is 15.5 Å². The van der Waals surface area contributed by atoms with E-state index in [1.807, 2.05) is 17.6 Å². The summed E-state index contributed by atoms with van der Waals surface area (Å²) in [6.45, 7) is 2.64. The Morgan fingerprint density at radius 1 is 1.32 bits per heavy atom. The predicted molar refractivity (Wildman–Crippen MR) is 99.2 cm³/mol. The fourth-order valence-corrected chi connectivity index (χ4v) is 3.43. The van der Waals surface area contributed by atoms with Gasteiger partial charge in [0.25, 0.3) is 0 Å². The van der Waals surface area contributed by atoms with Gasteiger partial charge in [0, 0.05) is 11.6 Å². The lowest BCUT2D eigenvalue weighted by Gasteiger charge is -2.08. The molecule has 25 heavy (non-hydrogen) atoms. The summed E-state index contributed by atoms with van der Waals surface area (Å²) in [6, 6.07) is 8.52. The lowest BCUT2D eigenvalue weighted by molar-refractivity contribution is -0.113. The minimum absolute atomic E-state index is 0.176. The van der Waals surface area contributed by atoms with Gasteiger partial charge in [0.15, 0.2) is 16.7 Å². The molecule has 2 aromatic heterocycles. The van der Waals surface area contributed by atoms with Gasteiger partial charge < -0.3 is 9.73 Å². The fourth-order valence-electron chi connectivity index (χ4n) is 2.18. The second-order valence-electron chi connectivity index (χ2n) is 4.99. The third-order valence-electron chi connectivity index (χ3n) is 3.31. The molecule has 1 amide bonds. The molecular formula is C16H14Cl2N4O2S. The molecule has 0 fully saturated rings. The quantitative estimate of drug-likeness (QED) is 0.616. The molecule has 0 radical (unpaired) electrons. The number of hydrogen-bond donors (Lipinski definition) is 1. The van der Waals surface area contributed by atoms with Crippen molar-refractivity contribution in [2.45, 2.75) is 18.6 Å². The standard InChI is InChI=1S/C16H14Cl2N4O2S/c1-2-22-15(13-4-3-7-24-13)20-21-16(22)25-9-14(23)19-12-6-5-10(17)8-11(12)18/h3-8H,2,9H2,1H3,(H,19,23). The maximum atomic E-state index is 12.2. The summed E-state index contributed by atoms with van der Waals surface area (Å²) < 4.78 is 7.26. The van der Waals surface area contributed by atoms with Crippen molar-refractivity contribution >= 4 is 46.6 Å². The SMILES string of the molecule is CCn1c(SCC(=O)Nc2ccc(Cl)cc2Cl)nnc1-c1ccco1. The molecule has 1 aromatic carbocycles. The van der Waals surface area contributed by atoms with Gasteiger partial charge in [-0.1, -0.05) is 35.0 Å². The fraction of sp³-hybridized carbons (Fsp3) is 0.188. The largest absolute Gasteiger partial charge is 0.461 e. The topological polar surface area (TPSA) is 73.0 Å². The van der Waals surface area contributed by atoms with Gasteiger partial charge in [-0.25, -0.2) is 0 Å². The molecule has 1 N–H and O–H groups in total. The third-order valence-corrected chi connectivity index (χ3v) is 4.83. The first-order valence-corrected chi connectivity index (χ1v) is 9.17. The second-order valence-corrected chi connectivity index (χ2v) is 6.77. The van der Waals surface area contributed by atoms with Crippen LogP contribution in [-0.4, -0.2) is 26.4 Å². The molecule has 130 valence electrons. The van der Waals surface area contributed by atoms with Gasteiger partial charge in [0.2, 0.25) is 5.91 Å². The van der Waals surface area contributed by atoms with Gasteiger partial charge >= 0.3 is 0 Å². The number of furan rings is 1. The molecule has 0 saturated carbocycles. The average Bonchev–Trinajstić information content (AvgIpc) is 3.24. The van der Waals surface area contributed by atoms with Crippen LogP contribution in [-0.2, 0) is 11.3 Å². The molecule has 3 aromatic rings. The minimum Gasteiger partial charge on any atom is -0.461 e. The number of carbonyl (C=O) groups excluding carboxylic acids is 1. The first kappa shape index (κ1) is 17.8. The lowest BCUT2D eigenvalue weighted by atomic mass is 10.3. The molecule has 0 bridgehead atoms. The number of aromatic nitrogens is 3. The molecule has 0 spiro atoms. The second kappa shape index (κ2) is 7.95. The molecule has 0 aliphatic carbocycles. The first-order valence-electron chi connectivity index (χ1n) is 7.43. The highest BCUT2D eigenvalue weighted by Crippen LogP contribution is 2.27. The predicted octanol–water partition coefficient (Wildman–Crippen LogP) is 4.60. The van der Waals surface area contributed by atoms with Crippen LogP contribution in [0.5, 0.6) is 0 Å². The van der Waals surface area contributed by atoms with E-state index in [1.165, 1.54) is 11.8 Å². The summed E-state index contributed by atoms with van der Waals surface area (Å²) in [5, 5.41) is 12.6. The van der Waals surface area contributed by atoms with Crippen LogP contribution in [0.1, 0.15) is 6.92 Å². The number of benzene rings is 1. The van der Waals surface area contributed by atoms with Crippen LogP contribution < -0.4 is 5.32 Å². The summed E-state index contributed by atoms with van der Waals surface area (Å²) in [5.74, 6) is 1.25. The summed E-state index contributed by atoms with van der Waals surface area (Å²) in [6.07, 6.45) is 1.58. The van der Waals surface area contributed by atoms with Gasteiger partial charge in [-0.05, 0) is 37.3 Å². The number of thioether (sulfide) groups is 1. The Morgan fingerprint density at radius 3 is 2.84 bits per heavy atom. The number of amides is 1. The van der Waals surface area contributed by atoms with E-state index < -0.39 is 0 Å². The molecule has 3 rings (SSSR count). The van der Waals surface area contributed by atoms with Crippen molar-refractivity contribution in [3.8, 4) is 11.6 Å². The van der Waals surface area contributed by atoms with E-state index in [0.29, 0.717) is 39.0 Å². The summed E-state index contributed by atoms with van der Waals surface area (Å²) >= 11 is 13.2. The van der Waals surface area contributed by atoms with Crippen LogP contribution >= 0.6 is 35.0 Å². The van der Waals surface area contributed by atoms with Crippen molar-refractivity contribution < 1.29 is 9.21 Å². The Labute approximate surface area is 158 Å². The van der Waals surface area contributed by atoms with Crippen LogP contribution in [0, 0.1) is 0 Å². The van der Waals surface area contributed by atoms with Gasteiger partial charge in [0.1, 0.15) is 0 Å². The van der Waals surface area contributed by atoms with Crippen molar-refractivity contribution in [3.05, 3.63) is 46.6 Å². The molecule has 0 atom stereocenters. The van der Waals surface area contributed by atoms with Crippen LogP contribution in [0.15, 0.2) is 46.2 Å². The summed E-state index contributed by atoms with van der Waals surface area (Å²) in [5.41, 5.74) is 0.518. The monoisotopic (exact) mass is 396 g/mol. The number of anilines is 1. The van der Waals surface area contributed by atoms with E-state index in [4.69, 9.17) is 27.6 Å². The third kappa shape index (κ3) is 4.18. The van der Waals surface area contributed by atoms with Crippen molar-refractivity contribution in [1.82, 2.24) is 14.8 Å². The van der Waals surface area contributed by atoms with Crippen LogP contribution in [0.25, 0.3) is 11.6 Å². The van der Waals surface area contributed by atoms with E-state index in [1.54, 1.807) is 30.5 Å². The van der Waals surface area contributed by atoms with Gasteiger partial charge in [-0.2, -0.15) is 0 Å². The maximum Gasteiger partial charge on any atom is 0.234 e. The molecule has 6 nitrogen and oxygen atoms in total. The van der Waals surface area contributed by atoms with Crippen molar-refractivity contribution in [1.29, 1.82) is 0 Å². The zero-order valence-electron chi connectivity index (χ0n) is 13.2. The Morgan fingerprint density at radius 2 is 2.16 bits per heavy atom. The smallest absolute Gasteiger partial charge is 0.234 e. The summed E-state index contributed by atoms with van der Waals surface area (Å²) in [7, 11) is 0. The Balaban J connectivity index is 1.66. The van der Waals surface area contributed by atoms with Gasteiger partial charge in [0.05, 0.1) is 22.7 Å². The number of halogens is 2. The maximum absolute atomic E-state index is 12.2.